The van der Waals surface area contributed by atoms with Crippen LogP contribution in [-0.4, -0.2) is 62.8 Å². The maximum atomic E-state index is 13.9. The van der Waals surface area contributed by atoms with Crippen LogP contribution in [0.15, 0.2) is 30.3 Å². The van der Waals surface area contributed by atoms with Gasteiger partial charge in [0.05, 0.1) is 17.1 Å². The summed E-state index contributed by atoms with van der Waals surface area (Å²) in [7, 11) is 0. The molecule has 5 atom stereocenters. The van der Waals surface area contributed by atoms with Crippen LogP contribution in [-0.2, 0) is 18.4 Å². The predicted octanol–water partition coefficient (Wildman–Crippen LogP) is 3.12. The van der Waals surface area contributed by atoms with E-state index in [1.807, 2.05) is 11.0 Å². The second-order valence-corrected chi connectivity index (χ2v) is 11.6. The number of carbonyl (C=O) groups excluding carboxylic acids is 1. The van der Waals surface area contributed by atoms with Crippen LogP contribution in [0, 0.1) is 11.7 Å². The first-order chi connectivity index (χ1) is 16.9. The Bertz CT molecular complexity index is 1290. The lowest BCUT2D eigenvalue weighted by atomic mass is 9.48. The van der Waals surface area contributed by atoms with E-state index in [0.29, 0.717) is 30.7 Å². The maximum absolute atomic E-state index is 13.9. The van der Waals surface area contributed by atoms with Crippen molar-refractivity contribution in [1.82, 2.24) is 9.80 Å². The van der Waals surface area contributed by atoms with Gasteiger partial charge in [0.2, 0.25) is 0 Å². The summed E-state index contributed by atoms with van der Waals surface area (Å²) < 4.78 is 20.5. The van der Waals surface area contributed by atoms with Gasteiger partial charge in [0.15, 0.2) is 11.5 Å². The third kappa shape index (κ3) is 2.44. The molecule has 2 bridgehead atoms. The number of amides is 1. The van der Waals surface area contributed by atoms with Crippen LogP contribution in [0.4, 0.5) is 4.39 Å². The molecule has 0 radical (unpaired) electrons. The Morgan fingerprint density at radius 1 is 1.11 bits per heavy atom. The summed E-state index contributed by atoms with van der Waals surface area (Å²) in [5.74, 6) is 0.742. The summed E-state index contributed by atoms with van der Waals surface area (Å²) in [5, 5.41) is 23.4. The number of halogens is 1. The lowest BCUT2D eigenvalue weighted by molar-refractivity contribution is -0.198. The smallest absolute Gasteiger partial charge is 0.254 e. The Hall–Kier alpha value is -2.64. The summed E-state index contributed by atoms with van der Waals surface area (Å²) in [6.07, 6.45) is 4.77. The SMILES string of the molecule is O=C1c2cc(F)ccc2CN1[C@@H]1CC[C@@]2(O)[C@@H]3Cc4ccc(O)c5c4[C@@]2(CCN3CC2CC2)[C@H]1O5. The first-order valence-electron chi connectivity index (χ1n) is 13.0. The minimum atomic E-state index is -0.977. The highest BCUT2D eigenvalue weighted by Gasteiger charge is 2.73. The zero-order valence-corrected chi connectivity index (χ0v) is 19.5. The third-order valence-electron chi connectivity index (χ3n) is 10.0. The molecule has 182 valence electrons. The van der Waals surface area contributed by atoms with Crippen LogP contribution in [0.25, 0.3) is 0 Å². The van der Waals surface area contributed by atoms with Crippen molar-refractivity contribution in [2.75, 3.05) is 13.1 Å². The van der Waals surface area contributed by atoms with Gasteiger partial charge in [-0.3, -0.25) is 9.69 Å². The van der Waals surface area contributed by atoms with Crippen molar-refractivity contribution in [2.24, 2.45) is 5.92 Å². The molecule has 2 aromatic carbocycles. The van der Waals surface area contributed by atoms with Crippen molar-refractivity contribution in [2.45, 2.75) is 74.3 Å². The summed E-state index contributed by atoms with van der Waals surface area (Å²) in [6.45, 7) is 2.33. The van der Waals surface area contributed by atoms with E-state index in [0.717, 1.165) is 48.5 Å². The molecule has 3 aliphatic heterocycles. The number of hydrogen-bond donors (Lipinski definition) is 2. The lowest BCUT2D eigenvalue weighted by Gasteiger charge is -2.64. The minimum Gasteiger partial charge on any atom is -0.504 e. The number of likely N-dealkylation sites (tertiary alicyclic amines) is 1. The first kappa shape index (κ1) is 20.5. The molecule has 35 heavy (non-hydrogen) atoms. The number of benzene rings is 2. The predicted molar refractivity (Wildman–Crippen MR) is 125 cm³/mol. The van der Waals surface area contributed by atoms with Crippen molar-refractivity contribution in [1.29, 1.82) is 0 Å². The van der Waals surface area contributed by atoms with Gasteiger partial charge >= 0.3 is 0 Å². The standard InChI is InChI=1S/C28H29FN2O4/c29-18-5-3-17-14-31(26(33)19(17)12-18)20-7-8-28(34)22-11-16-4-6-21(32)24-23(16)27(28,25(20)35-24)9-10-30(22)13-15-1-2-15/h3-6,12,15,20,22,25,32,34H,1-2,7-11,13-14H2/t20-,22+,25+,27+,28-/m1/s1. The van der Waals surface area contributed by atoms with Gasteiger partial charge in [0.25, 0.3) is 5.91 Å². The molecule has 3 heterocycles. The quantitative estimate of drug-likeness (QED) is 0.712. The second-order valence-electron chi connectivity index (χ2n) is 11.6. The van der Waals surface area contributed by atoms with Crippen LogP contribution in [0.5, 0.6) is 11.5 Å². The average molecular weight is 477 g/mol. The van der Waals surface area contributed by atoms with Crippen LogP contribution in [0.1, 0.15) is 59.2 Å². The molecule has 2 N–H and O–H groups in total. The maximum Gasteiger partial charge on any atom is 0.254 e. The molecule has 1 saturated heterocycles. The molecule has 2 aromatic rings. The topological polar surface area (TPSA) is 73.2 Å². The summed E-state index contributed by atoms with van der Waals surface area (Å²) in [5.41, 5.74) is 1.72. The van der Waals surface area contributed by atoms with E-state index in [1.165, 1.54) is 25.0 Å². The third-order valence-corrected chi connectivity index (χ3v) is 10.0. The second kappa shape index (κ2) is 6.56. The molecule has 8 rings (SSSR count). The molecule has 1 spiro atoms. The number of hydrogen-bond acceptors (Lipinski definition) is 5. The van der Waals surface area contributed by atoms with Crippen LogP contribution < -0.4 is 4.74 Å². The average Bonchev–Trinajstić information content (AvgIpc) is 3.50. The first-order valence-corrected chi connectivity index (χ1v) is 13.0. The van der Waals surface area contributed by atoms with E-state index in [2.05, 4.69) is 4.90 Å². The molecule has 2 saturated carbocycles. The fourth-order valence-corrected chi connectivity index (χ4v) is 8.34. The van der Waals surface area contributed by atoms with Gasteiger partial charge in [0.1, 0.15) is 11.9 Å². The molecule has 6 aliphatic rings. The normalized spacial score (nSPS) is 36.7. The van der Waals surface area contributed by atoms with E-state index in [1.54, 1.807) is 12.1 Å². The van der Waals surface area contributed by atoms with Gasteiger partial charge in [-0.05, 0) is 80.3 Å². The highest BCUT2D eigenvalue weighted by atomic mass is 19.1. The molecular weight excluding hydrogens is 447 g/mol. The van der Waals surface area contributed by atoms with Crippen LogP contribution >= 0.6 is 0 Å². The van der Waals surface area contributed by atoms with E-state index in [-0.39, 0.29) is 23.7 Å². The highest BCUT2D eigenvalue weighted by molar-refractivity contribution is 5.98. The number of phenolic OH excluding ortho intramolecular Hbond substituents is 1. The van der Waals surface area contributed by atoms with Crippen molar-refractivity contribution in [3.8, 4) is 11.5 Å². The lowest BCUT2D eigenvalue weighted by Crippen LogP contribution is -2.78. The highest BCUT2D eigenvalue weighted by Crippen LogP contribution is 2.66. The number of phenols is 1. The van der Waals surface area contributed by atoms with Crippen LogP contribution in [0.2, 0.25) is 0 Å². The fourth-order valence-electron chi connectivity index (χ4n) is 8.34. The Labute approximate surface area is 203 Å². The zero-order chi connectivity index (χ0) is 23.7. The monoisotopic (exact) mass is 476 g/mol. The largest absolute Gasteiger partial charge is 0.504 e. The van der Waals surface area contributed by atoms with E-state index < -0.39 is 22.9 Å². The van der Waals surface area contributed by atoms with Crippen molar-refractivity contribution >= 4 is 5.91 Å². The van der Waals surface area contributed by atoms with E-state index in [9.17, 15) is 19.4 Å². The van der Waals surface area contributed by atoms with Gasteiger partial charge in [-0.15, -0.1) is 0 Å². The molecule has 3 fully saturated rings. The Morgan fingerprint density at radius 3 is 2.77 bits per heavy atom. The Kier molecular flexibility index (Phi) is 3.85. The number of ether oxygens (including phenoxy) is 1. The van der Waals surface area contributed by atoms with E-state index in [4.69, 9.17) is 4.74 Å². The van der Waals surface area contributed by atoms with Crippen molar-refractivity contribution < 1.29 is 24.1 Å². The van der Waals surface area contributed by atoms with Gasteiger partial charge in [-0.25, -0.2) is 4.39 Å². The van der Waals surface area contributed by atoms with Gasteiger partial charge in [-0.2, -0.15) is 0 Å². The number of carbonyl (C=O) groups is 1. The minimum absolute atomic E-state index is 0.00691. The van der Waals surface area contributed by atoms with Gasteiger partial charge in [0, 0.05) is 30.3 Å². The Morgan fingerprint density at radius 2 is 1.94 bits per heavy atom. The number of aliphatic hydroxyl groups is 1. The molecule has 1 amide bonds. The molecule has 7 heteroatoms. The summed E-state index contributed by atoms with van der Waals surface area (Å²) >= 11 is 0. The number of fused-ring (bicyclic) bond motifs is 1. The zero-order valence-electron chi connectivity index (χ0n) is 19.5. The number of piperidine rings is 1. The summed E-state index contributed by atoms with van der Waals surface area (Å²) in [4.78, 5) is 17.8. The number of aromatic hydroxyl groups is 1. The summed E-state index contributed by atoms with van der Waals surface area (Å²) in [6, 6.07) is 7.89. The molecule has 0 unspecified atom stereocenters. The molecule has 0 aromatic heterocycles. The number of rotatable bonds is 3. The van der Waals surface area contributed by atoms with Gasteiger partial charge < -0.3 is 19.8 Å². The molecular formula is C28H29FN2O4. The van der Waals surface area contributed by atoms with Crippen molar-refractivity contribution in [3.05, 3.63) is 58.4 Å². The number of nitrogens with zero attached hydrogens (tertiary/aromatic N) is 2. The van der Waals surface area contributed by atoms with E-state index >= 15 is 0 Å². The Balaban J connectivity index is 1.25. The molecule has 3 aliphatic carbocycles. The fraction of sp³-hybridized carbons (Fsp3) is 0.536. The van der Waals surface area contributed by atoms with Crippen molar-refractivity contribution in [3.63, 3.8) is 0 Å². The van der Waals surface area contributed by atoms with Crippen LogP contribution in [0.3, 0.4) is 0 Å². The van der Waals surface area contributed by atoms with Gasteiger partial charge in [-0.1, -0.05) is 12.1 Å². The molecule has 6 nitrogen and oxygen atoms in total.